The lowest BCUT2D eigenvalue weighted by Crippen LogP contribution is -2.37. The molecular weight excluding hydrogens is 410 g/mol. The maximum absolute atomic E-state index is 12.9. The van der Waals surface area contributed by atoms with Crippen LogP contribution in [0.25, 0.3) is 28.2 Å². The molecule has 3 N–H and O–H groups in total. The molecule has 0 fully saturated rings. The number of aromatic nitrogens is 5. The number of carbonyl (C=O) groups excluding carboxylic acids is 1. The number of unbranched alkanes of at least 4 members (excludes halogenated alkanes) is 2. The van der Waals surface area contributed by atoms with Gasteiger partial charge in [-0.1, -0.05) is 36.2 Å². The first-order valence-electron chi connectivity index (χ1n) is 10.6. The number of hydrogen-bond donors (Lipinski definition) is 2. The molecule has 0 saturated carbocycles. The van der Waals surface area contributed by atoms with E-state index in [-0.39, 0.29) is 11.5 Å². The summed E-state index contributed by atoms with van der Waals surface area (Å²) in [5.41, 5.74) is 5.19. The van der Waals surface area contributed by atoms with Crippen LogP contribution in [0.15, 0.2) is 40.1 Å². The molecule has 4 aromatic rings. The van der Waals surface area contributed by atoms with Crippen LogP contribution in [0.4, 0.5) is 0 Å². The fourth-order valence-corrected chi connectivity index (χ4v) is 4.00. The van der Waals surface area contributed by atoms with Crippen molar-refractivity contribution < 1.29 is 4.79 Å². The molecule has 0 bridgehead atoms. The highest BCUT2D eigenvalue weighted by molar-refractivity contribution is 5.78. The summed E-state index contributed by atoms with van der Waals surface area (Å²) < 4.78 is 6.33. The molecule has 168 valence electrons. The number of rotatable bonds is 7. The standard InChI is InChI=1S/C22H27N7O3/c1-14-8-10-15(11-9-14)16-13-29-18-19(26(2)22(32)27(3)20(18)31)24-21(29)28(16)12-6-4-5-7-17(30)25-23/h8-11,13H,4-7,12,23H2,1-3H3,(H,25,30). The van der Waals surface area contributed by atoms with Crippen LogP contribution in [0.5, 0.6) is 0 Å². The quantitative estimate of drug-likeness (QED) is 0.195. The Morgan fingerprint density at radius 3 is 2.47 bits per heavy atom. The SMILES string of the molecule is Cc1ccc(-c2cn3c4c(=O)n(C)c(=O)n(C)c4nc3n2CCCCCC(=O)NN)cc1. The third-order valence-electron chi connectivity index (χ3n) is 5.85. The van der Waals surface area contributed by atoms with E-state index in [0.29, 0.717) is 29.9 Å². The number of nitrogens with one attached hydrogen (secondary N) is 1. The van der Waals surface area contributed by atoms with Gasteiger partial charge >= 0.3 is 5.69 Å². The van der Waals surface area contributed by atoms with Crippen molar-refractivity contribution >= 4 is 22.8 Å². The highest BCUT2D eigenvalue weighted by Crippen LogP contribution is 2.26. The molecule has 0 aliphatic rings. The lowest BCUT2D eigenvalue weighted by molar-refractivity contribution is -0.121. The van der Waals surface area contributed by atoms with Crippen molar-refractivity contribution in [1.82, 2.24) is 28.5 Å². The number of hydrogen-bond acceptors (Lipinski definition) is 5. The van der Waals surface area contributed by atoms with Crippen LogP contribution in [0.3, 0.4) is 0 Å². The third-order valence-corrected chi connectivity index (χ3v) is 5.85. The predicted molar refractivity (Wildman–Crippen MR) is 122 cm³/mol. The number of hydrazine groups is 1. The number of carbonyl (C=O) groups is 1. The van der Waals surface area contributed by atoms with E-state index in [1.807, 2.05) is 37.4 Å². The summed E-state index contributed by atoms with van der Waals surface area (Å²) in [5.74, 6) is 5.57. The van der Waals surface area contributed by atoms with Gasteiger partial charge in [-0.2, -0.15) is 4.98 Å². The molecule has 0 aliphatic heterocycles. The van der Waals surface area contributed by atoms with Crippen molar-refractivity contribution in [2.24, 2.45) is 19.9 Å². The Bertz CT molecular complexity index is 1420. The first kappa shape index (κ1) is 21.6. The summed E-state index contributed by atoms with van der Waals surface area (Å²) in [5, 5.41) is 0. The maximum atomic E-state index is 12.9. The second-order valence-corrected chi connectivity index (χ2v) is 8.07. The highest BCUT2D eigenvalue weighted by Gasteiger charge is 2.20. The molecule has 10 nitrogen and oxygen atoms in total. The van der Waals surface area contributed by atoms with E-state index in [9.17, 15) is 14.4 Å². The smallest absolute Gasteiger partial charge is 0.310 e. The van der Waals surface area contributed by atoms with E-state index in [0.717, 1.165) is 40.7 Å². The minimum atomic E-state index is -0.410. The number of benzene rings is 1. The molecule has 3 heterocycles. The molecule has 0 aliphatic carbocycles. The maximum Gasteiger partial charge on any atom is 0.332 e. The lowest BCUT2D eigenvalue weighted by atomic mass is 10.1. The van der Waals surface area contributed by atoms with Gasteiger partial charge in [0.1, 0.15) is 0 Å². The molecule has 0 saturated heterocycles. The predicted octanol–water partition coefficient (Wildman–Crippen LogP) is 1.21. The highest BCUT2D eigenvalue weighted by atomic mass is 16.2. The van der Waals surface area contributed by atoms with Gasteiger partial charge in [-0.05, 0) is 25.3 Å². The number of fused-ring (bicyclic) bond motifs is 3. The first-order valence-corrected chi connectivity index (χ1v) is 10.6. The van der Waals surface area contributed by atoms with E-state index >= 15 is 0 Å². The average Bonchev–Trinajstić information content (AvgIpc) is 3.33. The molecule has 0 radical (unpaired) electrons. The Morgan fingerprint density at radius 2 is 1.78 bits per heavy atom. The van der Waals surface area contributed by atoms with Gasteiger partial charge in [-0.3, -0.25) is 28.5 Å². The molecule has 10 heteroatoms. The fraction of sp³-hybridized carbons (Fsp3) is 0.364. The van der Waals surface area contributed by atoms with Gasteiger partial charge in [0, 0.05) is 33.3 Å². The van der Waals surface area contributed by atoms with Gasteiger partial charge in [0.2, 0.25) is 11.7 Å². The molecular formula is C22H27N7O3. The van der Waals surface area contributed by atoms with Crippen LogP contribution < -0.4 is 22.5 Å². The van der Waals surface area contributed by atoms with Crippen molar-refractivity contribution in [3.05, 3.63) is 56.9 Å². The number of aryl methyl sites for hydroxylation is 3. The second-order valence-electron chi connectivity index (χ2n) is 8.07. The van der Waals surface area contributed by atoms with Crippen LogP contribution in [-0.4, -0.2) is 29.0 Å². The lowest BCUT2D eigenvalue weighted by Gasteiger charge is -2.09. The van der Waals surface area contributed by atoms with Crippen LogP contribution in [0, 0.1) is 6.92 Å². The molecule has 0 atom stereocenters. The monoisotopic (exact) mass is 437 g/mol. The molecule has 0 spiro atoms. The molecule has 4 rings (SSSR count). The Kier molecular flexibility index (Phi) is 5.70. The van der Waals surface area contributed by atoms with E-state index < -0.39 is 5.69 Å². The zero-order valence-corrected chi connectivity index (χ0v) is 18.5. The Hall–Kier alpha value is -3.66. The summed E-state index contributed by atoms with van der Waals surface area (Å²) >= 11 is 0. The van der Waals surface area contributed by atoms with Crippen molar-refractivity contribution in [1.29, 1.82) is 0 Å². The molecule has 1 amide bonds. The third kappa shape index (κ3) is 3.62. The minimum Gasteiger partial charge on any atom is -0.310 e. The van der Waals surface area contributed by atoms with Crippen LogP contribution in [-0.2, 0) is 25.4 Å². The van der Waals surface area contributed by atoms with Gasteiger partial charge in [0.15, 0.2) is 11.2 Å². The summed E-state index contributed by atoms with van der Waals surface area (Å²) in [6, 6.07) is 8.17. The first-order chi connectivity index (χ1) is 15.3. The van der Waals surface area contributed by atoms with E-state index in [2.05, 4.69) is 15.0 Å². The minimum absolute atomic E-state index is 0.176. The summed E-state index contributed by atoms with van der Waals surface area (Å²) in [7, 11) is 3.09. The largest absolute Gasteiger partial charge is 0.332 e. The normalized spacial score (nSPS) is 11.5. The molecule has 3 aromatic heterocycles. The van der Waals surface area contributed by atoms with Crippen molar-refractivity contribution in [2.45, 2.75) is 39.2 Å². The zero-order chi connectivity index (χ0) is 23.0. The van der Waals surface area contributed by atoms with E-state index in [1.165, 1.54) is 11.6 Å². The van der Waals surface area contributed by atoms with Gasteiger partial charge in [0.25, 0.3) is 5.56 Å². The number of imidazole rings is 2. The van der Waals surface area contributed by atoms with Gasteiger partial charge in [-0.25, -0.2) is 10.6 Å². The van der Waals surface area contributed by atoms with Gasteiger partial charge < -0.3 is 4.57 Å². The van der Waals surface area contributed by atoms with Crippen LogP contribution in [0.2, 0.25) is 0 Å². The van der Waals surface area contributed by atoms with Crippen LogP contribution in [0.1, 0.15) is 31.2 Å². The average molecular weight is 438 g/mol. The number of amides is 1. The van der Waals surface area contributed by atoms with Crippen molar-refractivity contribution in [2.75, 3.05) is 0 Å². The number of nitrogens with zero attached hydrogens (tertiary/aromatic N) is 5. The van der Waals surface area contributed by atoms with Crippen molar-refractivity contribution in [3.8, 4) is 11.3 Å². The van der Waals surface area contributed by atoms with Gasteiger partial charge in [-0.15, -0.1) is 0 Å². The zero-order valence-electron chi connectivity index (χ0n) is 18.5. The Labute approximate surface area is 183 Å². The van der Waals surface area contributed by atoms with E-state index in [1.54, 1.807) is 11.4 Å². The fourth-order valence-electron chi connectivity index (χ4n) is 4.00. The second kappa shape index (κ2) is 8.46. The number of nitrogens with two attached hydrogens (primary N) is 1. The molecule has 32 heavy (non-hydrogen) atoms. The summed E-state index contributed by atoms with van der Waals surface area (Å²) in [6.45, 7) is 2.69. The Morgan fingerprint density at radius 1 is 1.06 bits per heavy atom. The van der Waals surface area contributed by atoms with Crippen molar-refractivity contribution in [3.63, 3.8) is 0 Å². The van der Waals surface area contributed by atoms with Gasteiger partial charge in [0.05, 0.1) is 5.69 Å². The topological polar surface area (TPSA) is 121 Å². The Balaban J connectivity index is 1.81. The van der Waals surface area contributed by atoms with E-state index in [4.69, 9.17) is 5.84 Å². The summed E-state index contributed by atoms with van der Waals surface area (Å²) in [4.78, 5) is 41.3. The molecule has 1 aromatic carbocycles. The summed E-state index contributed by atoms with van der Waals surface area (Å²) in [6.07, 6.45) is 4.68. The van der Waals surface area contributed by atoms with Crippen LogP contribution >= 0.6 is 0 Å². The molecule has 0 unspecified atom stereocenters.